The maximum atomic E-state index is 12.4. The highest BCUT2D eigenvalue weighted by atomic mass is 16.3. The minimum Gasteiger partial charge on any atom is -0.393 e. The molecule has 2 amide bonds. The molecule has 0 aromatic carbocycles. The third-order valence-corrected chi connectivity index (χ3v) is 4.05. The van der Waals surface area contributed by atoms with Crippen molar-refractivity contribution in [3.8, 4) is 0 Å². The molecule has 2 N–H and O–H groups in total. The summed E-state index contributed by atoms with van der Waals surface area (Å²) in [5.41, 5.74) is 0. The Morgan fingerprint density at radius 3 is 2.40 bits per heavy atom. The SMILES string of the molecule is CC(=O)NC(C(=O)N(C)CC1CCCCC1O)C(C)C. The van der Waals surface area contributed by atoms with Crippen LogP contribution in [0, 0.1) is 11.8 Å². The summed E-state index contributed by atoms with van der Waals surface area (Å²) in [4.78, 5) is 25.3. The molecule has 116 valence electrons. The van der Waals surface area contributed by atoms with Crippen LogP contribution in [-0.4, -0.2) is 47.6 Å². The summed E-state index contributed by atoms with van der Waals surface area (Å²) in [7, 11) is 1.75. The Bertz CT molecular complexity index is 344. The normalized spacial score (nSPS) is 24.3. The molecule has 0 saturated heterocycles. The monoisotopic (exact) mass is 284 g/mol. The Kier molecular flexibility index (Phi) is 6.46. The molecular weight excluding hydrogens is 256 g/mol. The lowest BCUT2D eigenvalue weighted by molar-refractivity contribution is -0.137. The lowest BCUT2D eigenvalue weighted by Crippen LogP contribution is -2.51. The van der Waals surface area contributed by atoms with E-state index in [0.717, 1.165) is 25.7 Å². The Morgan fingerprint density at radius 2 is 1.90 bits per heavy atom. The van der Waals surface area contributed by atoms with Crippen LogP contribution in [0.1, 0.15) is 46.5 Å². The van der Waals surface area contributed by atoms with E-state index in [-0.39, 0.29) is 29.8 Å². The van der Waals surface area contributed by atoms with Crippen LogP contribution >= 0.6 is 0 Å². The molecule has 1 aliphatic carbocycles. The molecular formula is C15H28N2O3. The first-order chi connectivity index (χ1) is 9.32. The van der Waals surface area contributed by atoms with Crippen molar-refractivity contribution in [1.29, 1.82) is 0 Å². The van der Waals surface area contributed by atoms with Crippen molar-refractivity contribution in [2.45, 2.75) is 58.6 Å². The zero-order valence-electron chi connectivity index (χ0n) is 13.1. The molecule has 0 aromatic heterocycles. The van der Waals surface area contributed by atoms with Gasteiger partial charge in [-0.15, -0.1) is 0 Å². The van der Waals surface area contributed by atoms with Crippen LogP contribution in [0.15, 0.2) is 0 Å². The van der Waals surface area contributed by atoms with Gasteiger partial charge in [-0.25, -0.2) is 0 Å². The van der Waals surface area contributed by atoms with E-state index in [9.17, 15) is 14.7 Å². The van der Waals surface area contributed by atoms with Gasteiger partial charge in [0.2, 0.25) is 11.8 Å². The van der Waals surface area contributed by atoms with Crippen LogP contribution in [0.25, 0.3) is 0 Å². The van der Waals surface area contributed by atoms with E-state index in [4.69, 9.17) is 0 Å². The van der Waals surface area contributed by atoms with Crippen molar-refractivity contribution in [2.24, 2.45) is 11.8 Å². The second-order valence-corrected chi connectivity index (χ2v) is 6.25. The van der Waals surface area contributed by atoms with Gasteiger partial charge in [0.25, 0.3) is 0 Å². The smallest absolute Gasteiger partial charge is 0.245 e. The number of carbonyl (C=O) groups excluding carboxylic acids is 2. The molecule has 5 heteroatoms. The topological polar surface area (TPSA) is 69.6 Å². The Morgan fingerprint density at radius 1 is 1.30 bits per heavy atom. The fraction of sp³-hybridized carbons (Fsp3) is 0.867. The van der Waals surface area contributed by atoms with E-state index in [0.29, 0.717) is 6.54 Å². The van der Waals surface area contributed by atoms with Gasteiger partial charge in [0.05, 0.1) is 6.10 Å². The minimum absolute atomic E-state index is 0.0464. The van der Waals surface area contributed by atoms with Gasteiger partial charge in [0, 0.05) is 26.4 Å². The van der Waals surface area contributed by atoms with Crippen molar-refractivity contribution in [2.75, 3.05) is 13.6 Å². The highest BCUT2D eigenvalue weighted by Gasteiger charge is 2.30. The van der Waals surface area contributed by atoms with Crippen LogP contribution in [0.2, 0.25) is 0 Å². The second kappa shape index (κ2) is 7.62. The van der Waals surface area contributed by atoms with Gasteiger partial charge < -0.3 is 15.3 Å². The number of aliphatic hydroxyl groups excluding tert-OH is 1. The maximum Gasteiger partial charge on any atom is 0.245 e. The number of amides is 2. The number of nitrogens with one attached hydrogen (secondary N) is 1. The predicted octanol–water partition coefficient (Wildman–Crippen LogP) is 1.16. The molecule has 0 heterocycles. The molecule has 1 aliphatic rings. The third kappa shape index (κ3) is 4.78. The Hall–Kier alpha value is -1.10. The summed E-state index contributed by atoms with van der Waals surface area (Å²) in [5.74, 6) is -0.0657. The van der Waals surface area contributed by atoms with Gasteiger partial charge in [-0.3, -0.25) is 9.59 Å². The predicted molar refractivity (Wildman–Crippen MR) is 78.0 cm³/mol. The first-order valence-corrected chi connectivity index (χ1v) is 7.53. The zero-order valence-corrected chi connectivity index (χ0v) is 13.1. The van der Waals surface area contributed by atoms with Crippen LogP contribution in [0.5, 0.6) is 0 Å². The third-order valence-electron chi connectivity index (χ3n) is 4.05. The Labute approximate surface area is 121 Å². The van der Waals surface area contributed by atoms with E-state index >= 15 is 0 Å². The second-order valence-electron chi connectivity index (χ2n) is 6.25. The summed E-state index contributed by atoms with van der Waals surface area (Å²) in [6.45, 7) is 5.82. The van der Waals surface area contributed by atoms with Gasteiger partial charge in [-0.05, 0) is 18.8 Å². The average Bonchev–Trinajstić information content (AvgIpc) is 2.37. The summed E-state index contributed by atoms with van der Waals surface area (Å²) in [6, 6.07) is -0.488. The molecule has 1 saturated carbocycles. The number of rotatable bonds is 5. The van der Waals surface area contributed by atoms with Crippen molar-refractivity contribution < 1.29 is 14.7 Å². The zero-order chi connectivity index (χ0) is 15.3. The minimum atomic E-state index is -0.488. The number of carbonyl (C=O) groups is 2. The van der Waals surface area contributed by atoms with Crippen LogP contribution < -0.4 is 5.32 Å². The van der Waals surface area contributed by atoms with Gasteiger partial charge in [0.1, 0.15) is 6.04 Å². The lowest BCUT2D eigenvalue weighted by Gasteiger charge is -2.33. The molecule has 0 spiro atoms. The van der Waals surface area contributed by atoms with Crippen LogP contribution in [-0.2, 0) is 9.59 Å². The summed E-state index contributed by atoms with van der Waals surface area (Å²) >= 11 is 0. The molecule has 20 heavy (non-hydrogen) atoms. The summed E-state index contributed by atoms with van der Waals surface area (Å²) < 4.78 is 0. The first kappa shape index (κ1) is 17.0. The fourth-order valence-corrected chi connectivity index (χ4v) is 2.81. The van der Waals surface area contributed by atoms with Crippen LogP contribution in [0.4, 0.5) is 0 Å². The van der Waals surface area contributed by atoms with Gasteiger partial charge in [-0.2, -0.15) is 0 Å². The van der Waals surface area contributed by atoms with Gasteiger partial charge >= 0.3 is 0 Å². The van der Waals surface area contributed by atoms with Crippen LogP contribution in [0.3, 0.4) is 0 Å². The van der Waals surface area contributed by atoms with E-state index in [1.54, 1.807) is 11.9 Å². The summed E-state index contributed by atoms with van der Waals surface area (Å²) in [6.07, 6.45) is 3.66. The molecule has 5 nitrogen and oxygen atoms in total. The number of likely N-dealkylation sites (N-methyl/N-ethyl adjacent to an activating group) is 1. The molecule has 0 aliphatic heterocycles. The van der Waals surface area contributed by atoms with E-state index in [2.05, 4.69) is 5.32 Å². The number of hydrogen-bond donors (Lipinski definition) is 2. The number of hydrogen-bond acceptors (Lipinski definition) is 3. The molecule has 0 radical (unpaired) electrons. The Balaban J connectivity index is 2.61. The average molecular weight is 284 g/mol. The number of aliphatic hydroxyl groups is 1. The lowest BCUT2D eigenvalue weighted by atomic mass is 9.86. The summed E-state index contributed by atoms with van der Waals surface area (Å²) in [5, 5.41) is 12.7. The van der Waals surface area contributed by atoms with E-state index in [1.165, 1.54) is 6.92 Å². The molecule has 3 unspecified atom stereocenters. The van der Waals surface area contributed by atoms with E-state index in [1.807, 2.05) is 13.8 Å². The van der Waals surface area contributed by atoms with Crippen molar-refractivity contribution in [3.63, 3.8) is 0 Å². The fourth-order valence-electron chi connectivity index (χ4n) is 2.81. The van der Waals surface area contributed by atoms with Gasteiger partial charge in [0.15, 0.2) is 0 Å². The van der Waals surface area contributed by atoms with Crippen molar-refractivity contribution in [1.82, 2.24) is 10.2 Å². The molecule has 1 rings (SSSR count). The van der Waals surface area contributed by atoms with E-state index < -0.39 is 6.04 Å². The first-order valence-electron chi connectivity index (χ1n) is 7.53. The molecule has 0 aromatic rings. The highest BCUT2D eigenvalue weighted by Crippen LogP contribution is 2.25. The molecule has 0 bridgehead atoms. The quantitative estimate of drug-likeness (QED) is 0.796. The number of nitrogens with zero attached hydrogens (tertiary/aromatic N) is 1. The molecule has 1 fully saturated rings. The van der Waals surface area contributed by atoms with Crippen molar-refractivity contribution >= 4 is 11.8 Å². The van der Waals surface area contributed by atoms with Gasteiger partial charge in [-0.1, -0.05) is 26.7 Å². The maximum absolute atomic E-state index is 12.4. The molecule has 3 atom stereocenters. The highest BCUT2D eigenvalue weighted by molar-refractivity contribution is 5.86. The standard InChI is InChI=1S/C15H28N2O3/c1-10(2)14(16-11(3)18)15(20)17(4)9-12-7-5-6-8-13(12)19/h10,12-14,19H,5-9H2,1-4H3,(H,16,18). The largest absolute Gasteiger partial charge is 0.393 e. The van der Waals surface area contributed by atoms with Crippen molar-refractivity contribution in [3.05, 3.63) is 0 Å².